The quantitative estimate of drug-likeness (QED) is 0.331. The lowest BCUT2D eigenvalue weighted by atomic mass is 10.1. The van der Waals surface area contributed by atoms with Crippen molar-refractivity contribution >= 4 is 38.3 Å². The van der Waals surface area contributed by atoms with Crippen molar-refractivity contribution < 1.29 is 18.0 Å². The summed E-state index contributed by atoms with van der Waals surface area (Å²) in [5.74, 6) is -1.33. The maximum atomic E-state index is 12.9. The van der Waals surface area contributed by atoms with Crippen molar-refractivity contribution in [2.24, 2.45) is 0 Å². The van der Waals surface area contributed by atoms with Crippen molar-refractivity contribution in [2.45, 2.75) is 39.7 Å². The minimum atomic E-state index is -3.53. The number of carbonyl (C=O) groups excluding carboxylic acids is 2. The van der Waals surface area contributed by atoms with Crippen LogP contribution in [0.3, 0.4) is 0 Å². The van der Waals surface area contributed by atoms with Gasteiger partial charge in [0.05, 0.1) is 17.3 Å². The number of hydrogen-bond acceptors (Lipinski definition) is 6. The van der Waals surface area contributed by atoms with Crippen molar-refractivity contribution in [3.63, 3.8) is 0 Å². The van der Waals surface area contributed by atoms with Crippen LogP contribution in [0.1, 0.15) is 52.6 Å². The Kier molecular flexibility index (Phi) is 7.67. The minimum Gasteiger partial charge on any atom is -0.283 e. The second-order valence-corrected chi connectivity index (χ2v) is 9.69. The van der Waals surface area contributed by atoms with Gasteiger partial charge in [-0.1, -0.05) is 44.0 Å². The van der Waals surface area contributed by atoms with Gasteiger partial charge in [-0.05, 0) is 37.1 Å². The predicted molar refractivity (Wildman–Crippen MR) is 130 cm³/mol. The highest BCUT2D eigenvalue weighted by atomic mass is 32.2. The molecule has 0 saturated carbocycles. The summed E-state index contributed by atoms with van der Waals surface area (Å²) in [6.45, 7) is 4.12. The van der Waals surface area contributed by atoms with E-state index in [2.05, 4.69) is 20.7 Å². The first-order valence-corrected chi connectivity index (χ1v) is 12.7. The van der Waals surface area contributed by atoms with E-state index in [0.29, 0.717) is 22.9 Å². The van der Waals surface area contributed by atoms with E-state index in [1.54, 1.807) is 37.3 Å². The molecule has 0 aliphatic heterocycles. The number of nitrogens with one attached hydrogen (secondary N) is 3. The lowest BCUT2D eigenvalue weighted by molar-refractivity contribution is 0.0843. The van der Waals surface area contributed by atoms with Crippen molar-refractivity contribution in [1.82, 2.24) is 20.6 Å². The summed E-state index contributed by atoms with van der Waals surface area (Å²) < 4.78 is 26.7. The summed E-state index contributed by atoms with van der Waals surface area (Å²) in [5, 5.41) is 4.99. The Morgan fingerprint density at radius 2 is 1.68 bits per heavy atom. The molecule has 0 unspecified atom stereocenters. The molecule has 3 rings (SSSR count). The number of hydrazine groups is 1. The van der Waals surface area contributed by atoms with Gasteiger partial charge in [-0.25, -0.2) is 13.1 Å². The van der Waals surface area contributed by atoms with Gasteiger partial charge >= 0.3 is 0 Å². The van der Waals surface area contributed by atoms with Crippen LogP contribution in [0.2, 0.25) is 0 Å². The zero-order valence-electron chi connectivity index (χ0n) is 19.2. The van der Waals surface area contributed by atoms with E-state index < -0.39 is 21.8 Å². The molecule has 34 heavy (non-hydrogen) atoms. The van der Waals surface area contributed by atoms with E-state index in [0.717, 1.165) is 25.5 Å². The van der Waals surface area contributed by atoms with E-state index in [1.165, 1.54) is 16.8 Å². The number of sulfonamides is 1. The molecule has 3 N–H and O–H groups in total. The van der Waals surface area contributed by atoms with Crippen LogP contribution in [-0.4, -0.2) is 36.3 Å². The van der Waals surface area contributed by atoms with Crippen molar-refractivity contribution in [1.29, 1.82) is 0 Å². The fourth-order valence-electron chi connectivity index (χ4n) is 3.38. The first-order valence-electron chi connectivity index (χ1n) is 10.8. The van der Waals surface area contributed by atoms with Crippen LogP contribution < -0.4 is 21.1 Å². The smallest absolute Gasteiger partial charge is 0.283 e. The number of nitrogens with zero attached hydrogens (tertiary/aromatic N) is 2. The van der Waals surface area contributed by atoms with Crippen LogP contribution in [0.15, 0.2) is 47.3 Å². The normalized spacial score (nSPS) is 11.3. The van der Waals surface area contributed by atoms with Crippen molar-refractivity contribution in [3.8, 4) is 0 Å². The summed E-state index contributed by atoms with van der Waals surface area (Å²) >= 11 is 0. The first kappa shape index (κ1) is 24.9. The van der Waals surface area contributed by atoms with Gasteiger partial charge in [-0.15, -0.1) is 0 Å². The number of anilines is 1. The molecule has 2 aromatic carbocycles. The molecule has 0 aliphatic carbocycles. The lowest BCUT2D eigenvalue weighted by Gasteiger charge is -2.13. The molecule has 10 nitrogen and oxygen atoms in total. The molecule has 0 radical (unpaired) electrons. The van der Waals surface area contributed by atoms with Gasteiger partial charge in [0.25, 0.3) is 17.4 Å². The number of rotatable bonds is 8. The van der Waals surface area contributed by atoms with E-state index in [4.69, 9.17) is 0 Å². The number of aryl methyl sites for hydroxylation is 2. The van der Waals surface area contributed by atoms with Gasteiger partial charge in [0.15, 0.2) is 5.69 Å². The topological polar surface area (TPSA) is 139 Å². The Morgan fingerprint density at radius 1 is 1.00 bits per heavy atom. The molecule has 11 heteroatoms. The zero-order chi connectivity index (χ0) is 24.9. The van der Waals surface area contributed by atoms with Crippen molar-refractivity contribution in [3.05, 3.63) is 69.6 Å². The average molecular weight is 486 g/mol. The monoisotopic (exact) mass is 485 g/mol. The third kappa shape index (κ3) is 5.98. The Labute approximate surface area is 197 Å². The molecule has 0 fully saturated rings. The maximum absolute atomic E-state index is 12.9. The number of amides is 2. The van der Waals surface area contributed by atoms with Gasteiger partial charge in [0.1, 0.15) is 0 Å². The third-order valence-corrected chi connectivity index (χ3v) is 5.73. The Bertz CT molecular complexity index is 1400. The van der Waals surface area contributed by atoms with Crippen molar-refractivity contribution in [2.75, 3.05) is 11.0 Å². The molecule has 0 aliphatic rings. The van der Waals surface area contributed by atoms with E-state index in [9.17, 15) is 22.8 Å². The zero-order valence-corrected chi connectivity index (χ0v) is 20.0. The highest BCUT2D eigenvalue weighted by molar-refractivity contribution is 7.92. The Morgan fingerprint density at radius 3 is 2.35 bits per heavy atom. The molecule has 0 atom stereocenters. The van der Waals surface area contributed by atoms with Crippen LogP contribution in [0.4, 0.5) is 5.69 Å². The second-order valence-electron chi connectivity index (χ2n) is 7.94. The van der Waals surface area contributed by atoms with Gasteiger partial charge in [0, 0.05) is 17.5 Å². The summed E-state index contributed by atoms with van der Waals surface area (Å²) in [5.41, 5.74) is 5.40. The number of hydrogen-bond donors (Lipinski definition) is 3. The molecule has 2 amide bonds. The Balaban J connectivity index is 1.83. The van der Waals surface area contributed by atoms with Gasteiger partial charge in [0.2, 0.25) is 10.0 Å². The number of unbranched alkanes of at least 4 members (excludes halogenated alkanes) is 2. The van der Waals surface area contributed by atoms with Gasteiger partial charge in [-0.3, -0.25) is 30.0 Å². The summed E-state index contributed by atoms with van der Waals surface area (Å²) in [6.07, 6.45) is 3.66. The minimum absolute atomic E-state index is 0.00957. The molecule has 1 heterocycles. The van der Waals surface area contributed by atoms with Gasteiger partial charge in [-0.2, -0.15) is 5.10 Å². The molecular weight excluding hydrogens is 458 g/mol. The van der Waals surface area contributed by atoms with Gasteiger partial charge < -0.3 is 0 Å². The fraction of sp³-hybridized carbons (Fsp3) is 0.304. The number of fused-ring (bicyclic) bond motifs is 1. The molecular formula is C23H27N5O5S. The summed E-state index contributed by atoms with van der Waals surface area (Å²) in [6, 6.07) is 11.1. The molecule has 180 valence electrons. The Hall–Kier alpha value is -3.73. The highest BCUT2D eigenvalue weighted by Crippen LogP contribution is 2.18. The largest absolute Gasteiger partial charge is 0.290 e. The molecule has 3 aromatic rings. The fourth-order valence-corrected chi connectivity index (χ4v) is 4.00. The first-order chi connectivity index (χ1) is 16.1. The average Bonchev–Trinajstić information content (AvgIpc) is 2.79. The van der Waals surface area contributed by atoms with E-state index >= 15 is 0 Å². The van der Waals surface area contributed by atoms with E-state index in [1.807, 2.05) is 6.92 Å². The predicted octanol–water partition coefficient (Wildman–Crippen LogP) is 2.34. The summed E-state index contributed by atoms with van der Waals surface area (Å²) in [4.78, 5) is 38.2. The SMILES string of the molecule is CCCCCn1nc(C(=O)NNC(=O)c2ccc(C)c(NS(C)(=O)=O)c2)c2ccccc2c1=O. The maximum Gasteiger partial charge on any atom is 0.290 e. The van der Waals surface area contributed by atoms with Crippen LogP contribution in [0.5, 0.6) is 0 Å². The lowest BCUT2D eigenvalue weighted by Crippen LogP contribution is -2.42. The standard InChI is InChI=1S/C23H27N5O5S/c1-4-5-8-13-28-23(31)18-10-7-6-9-17(18)20(26-28)22(30)25-24-21(29)16-12-11-15(2)19(14-16)27-34(3,32)33/h6-7,9-12,14,27H,4-5,8,13H2,1-3H3,(H,24,29)(H,25,30). The molecule has 0 saturated heterocycles. The van der Waals surface area contributed by atoms with Crippen LogP contribution >= 0.6 is 0 Å². The number of benzene rings is 2. The third-order valence-electron chi connectivity index (χ3n) is 5.14. The van der Waals surface area contributed by atoms with Crippen LogP contribution in [-0.2, 0) is 16.6 Å². The summed E-state index contributed by atoms with van der Waals surface area (Å²) in [7, 11) is -3.53. The molecule has 1 aromatic heterocycles. The number of carbonyl (C=O) groups is 2. The van der Waals surface area contributed by atoms with E-state index in [-0.39, 0.29) is 22.5 Å². The molecule has 0 spiro atoms. The van der Waals surface area contributed by atoms with Crippen LogP contribution in [0, 0.1) is 6.92 Å². The van der Waals surface area contributed by atoms with Crippen LogP contribution in [0.25, 0.3) is 10.8 Å². The highest BCUT2D eigenvalue weighted by Gasteiger charge is 2.18. The number of aromatic nitrogens is 2. The second kappa shape index (κ2) is 10.5. The molecule has 0 bridgehead atoms.